The van der Waals surface area contributed by atoms with E-state index < -0.39 is 0 Å². The third kappa shape index (κ3) is 3.26. The molecule has 0 amide bonds. The van der Waals surface area contributed by atoms with Crippen molar-refractivity contribution in [3.8, 4) is 5.75 Å². The Morgan fingerprint density at radius 1 is 1.08 bits per heavy atom. The summed E-state index contributed by atoms with van der Waals surface area (Å²) in [7, 11) is 1.78. The van der Waals surface area contributed by atoms with Gasteiger partial charge in [-0.2, -0.15) is 0 Å². The third-order valence-electron chi connectivity index (χ3n) is 6.30. The lowest BCUT2D eigenvalue weighted by molar-refractivity contribution is 0.131. The average Bonchev–Trinajstić information content (AvgIpc) is 2.70. The van der Waals surface area contributed by atoms with Crippen LogP contribution in [0.25, 0.3) is 0 Å². The Kier molecular flexibility index (Phi) is 5.01. The maximum atomic E-state index is 5.67. The van der Waals surface area contributed by atoms with E-state index >= 15 is 0 Å². The summed E-state index contributed by atoms with van der Waals surface area (Å²) >= 11 is 0. The van der Waals surface area contributed by atoms with E-state index in [1.54, 1.807) is 7.11 Å². The summed E-state index contributed by atoms with van der Waals surface area (Å²) in [6.45, 7) is 4.25. The number of aryl methyl sites for hydroxylation is 1. The van der Waals surface area contributed by atoms with Crippen LogP contribution in [-0.2, 0) is 0 Å². The first-order valence-electron chi connectivity index (χ1n) is 9.90. The van der Waals surface area contributed by atoms with Crippen molar-refractivity contribution in [2.75, 3.05) is 20.2 Å². The predicted molar refractivity (Wildman–Crippen MR) is 107 cm³/mol. The fourth-order valence-electron chi connectivity index (χ4n) is 4.90. The number of hydrogen-bond acceptors (Lipinski definition) is 3. The molecule has 1 unspecified atom stereocenters. The van der Waals surface area contributed by atoms with Gasteiger partial charge in [-0.25, -0.2) is 0 Å². The molecule has 2 fully saturated rings. The van der Waals surface area contributed by atoms with Gasteiger partial charge in [-0.05, 0) is 61.9 Å². The van der Waals surface area contributed by atoms with Crippen LogP contribution in [0.2, 0.25) is 0 Å². The third-order valence-corrected chi connectivity index (χ3v) is 6.30. The Balaban J connectivity index is 1.55. The second kappa shape index (κ2) is 7.42. The van der Waals surface area contributed by atoms with Crippen molar-refractivity contribution in [1.29, 1.82) is 0 Å². The van der Waals surface area contributed by atoms with E-state index in [-0.39, 0.29) is 5.54 Å². The van der Waals surface area contributed by atoms with Crippen LogP contribution < -0.4 is 15.4 Å². The lowest BCUT2D eigenvalue weighted by Gasteiger charge is -2.50. The van der Waals surface area contributed by atoms with Crippen molar-refractivity contribution in [2.45, 2.75) is 50.1 Å². The lowest BCUT2D eigenvalue weighted by atomic mass is 9.71. The van der Waals surface area contributed by atoms with Gasteiger partial charge in [0.25, 0.3) is 0 Å². The van der Waals surface area contributed by atoms with Crippen molar-refractivity contribution in [2.24, 2.45) is 0 Å². The van der Waals surface area contributed by atoms with E-state index in [1.165, 1.54) is 42.4 Å². The molecule has 0 bridgehead atoms. The minimum atomic E-state index is 0.175. The molecule has 2 aliphatic heterocycles. The van der Waals surface area contributed by atoms with Gasteiger partial charge in [0.15, 0.2) is 0 Å². The summed E-state index contributed by atoms with van der Waals surface area (Å²) in [4.78, 5) is 0. The van der Waals surface area contributed by atoms with Crippen LogP contribution in [0.3, 0.4) is 0 Å². The first kappa shape index (κ1) is 17.6. The first-order chi connectivity index (χ1) is 12.7. The molecule has 3 heteroatoms. The number of hydrogen-bond donors (Lipinski definition) is 2. The highest BCUT2D eigenvalue weighted by Crippen LogP contribution is 2.43. The highest BCUT2D eigenvalue weighted by atomic mass is 16.5. The topological polar surface area (TPSA) is 33.3 Å². The Morgan fingerprint density at radius 3 is 2.65 bits per heavy atom. The van der Waals surface area contributed by atoms with Crippen molar-refractivity contribution in [1.82, 2.24) is 10.6 Å². The highest BCUT2D eigenvalue weighted by molar-refractivity contribution is 5.40. The van der Waals surface area contributed by atoms with Gasteiger partial charge in [-0.1, -0.05) is 42.5 Å². The molecule has 3 atom stereocenters. The summed E-state index contributed by atoms with van der Waals surface area (Å²) in [6.07, 6.45) is 4.89. The number of rotatable bonds is 3. The summed E-state index contributed by atoms with van der Waals surface area (Å²) < 4.78 is 5.67. The molecule has 3 nitrogen and oxygen atoms in total. The zero-order valence-electron chi connectivity index (χ0n) is 15.9. The van der Waals surface area contributed by atoms with E-state index in [1.807, 2.05) is 0 Å². The van der Waals surface area contributed by atoms with Gasteiger partial charge >= 0.3 is 0 Å². The van der Waals surface area contributed by atoms with Gasteiger partial charge in [0.1, 0.15) is 5.75 Å². The maximum Gasteiger partial charge on any atom is 0.122 e. The minimum absolute atomic E-state index is 0.175. The molecule has 2 N–H and O–H groups in total. The predicted octanol–water partition coefficient (Wildman–Crippen LogP) is 4.33. The van der Waals surface area contributed by atoms with Crippen LogP contribution in [0.5, 0.6) is 5.75 Å². The summed E-state index contributed by atoms with van der Waals surface area (Å²) in [6, 6.07) is 18.0. The molecule has 1 spiro atoms. The van der Waals surface area contributed by atoms with Gasteiger partial charge in [-0.3, -0.25) is 0 Å². The quantitative estimate of drug-likeness (QED) is 0.864. The number of nitrogens with one attached hydrogen (secondary N) is 2. The molecular weight excluding hydrogens is 320 g/mol. The average molecular weight is 351 g/mol. The van der Waals surface area contributed by atoms with E-state index in [0.717, 1.165) is 18.8 Å². The molecule has 2 aromatic rings. The van der Waals surface area contributed by atoms with E-state index in [0.29, 0.717) is 12.0 Å². The lowest BCUT2D eigenvalue weighted by Crippen LogP contribution is -2.60. The number of piperidine rings is 2. The number of ether oxygens (including phenoxy) is 1. The van der Waals surface area contributed by atoms with E-state index in [9.17, 15) is 0 Å². The highest BCUT2D eigenvalue weighted by Gasteiger charge is 2.44. The van der Waals surface area contributed by atoms with Crippen LogP contribution in [0, 0.1) is 6.92 Å². The van der Waals surface area contributed by atoms with Gasteiger partial charge in [0.05, 0.1) is 13.2 Å². The second-order valence-corrected chi connectivity index (χ2v) is 7.92. The van der Waals surface area contributed by atoms with Crippen LogP contribution in [-0.4, -0.2) is 25.7 Å². The maximum absolute atomic E-state index is 5.67. The molecule has 0 aromatic heterocycles. The van der Waals surface area contributed by atoms with Gasteiger partial charge < -0.3 is 15.4 Å². The minimum Gasteiger partial charge on any atom is -0.496 e. The standard InChI is InChI=1S/C23H30N2O/c1-17-9-10-20(21(15-17)26-2)19-11-13-23(25-16-19)12-6-14-24-22(23)18-7-4-3-5-8-18/h3-5,7-10,15,19,22,24-25H,6,11-14,16H2,1-2H3/t19-,22?,23+/m1/s1. The van der Waals surface area contributed by atoms with Crippen molar-refractivity contribution >= 4 is 0 Å². The second-order valence-electron chi connectivity index (χ2n) is 7.92. The van der Waals surface area contributed by atoms with Crippen molar-refractivity contribution < 1.29 is 4.74 Å². The first-order valence-corrected chi connectivity index (χ1v) is 9.90. The Bertz CT molecular complexity index is 735. The molecular formula is C23H30N2O. The van der Waals surface area contributed by atoms with Gasteiger partial charge in [0, 0.05) is 18.0 Å². The zero-order valence-corrected chi connectivity index (χ0v) is 15.9. The smallest absolute Gasteiger partial charge is 0.122 e. The van der Waals surface area contributed by atoms with Crippen molar-refractivity contribution in [3.05, 3.63) is 65.2 Å². The summed E-state index contributed by atoms with van der Waals surface area (Å²) in [5.74, 6) is 1.56. The molecule has 0 aliphatic carbocycles. The van der Waals surface area contributed by atoms with Crippen LogP contribution in [0.4, 0.5) is 0 Å². The SMILES string of the molecule is COc1cc(C)ccc1[C@@H]1CC[C@]2(CCCNC2c2ccccc2)NC1. The molecule has 138 valence electrons. The van der Waals surface area contributed by atoms with Crippen LogP contribution in [0.1, 0.15) is 54.3 Å². The fraction of sp³-hybridized carbons (Fsp3) is 0.478. The molecule has 2 saturated heterocycles. The molecule has 26 heavy (non-hydrogen) atoms. The fourth-order valence-corrected chi connectivity index (χ4v) is 4.90. The molecule has 0 saturated carbocycles. The zero-order chi connectivity index (χ0) is 18.0. The van der Waals surface area contributed by atoms with Gasteiger partial charge in [-0.15, -0.1) is 0 Å². The van der Waals surface area contributed by atoms with Crippen LogP contribution >= 0.6 is 0 Å². The molecule has 4 rings (SSSR count). The van der Waals surface area contributed by atoms with Gasteiger partial charge in [0.2, 0.25) is 0 Å². The van der Waals surface area contributed by atoms with E-state index in [4.69, 9.17) is 4.74 Å². The summed E-state index contributed by atoms with van der Waals surface area (Å²) in [5, 5.41) is 7.77. The Hall–Kier alpha value is -1.84. The molecule has 2 heterocycles. The molecule has 2 aliphatic rings. The Labute approximate surface area is 157 Å². The normalized spacial score (nSPS) is 28.8. The van der Waals surface area contributed by atoms with Crippen molar-refractivity contribution in [3.63, 3.8) is 0 Å². The van der Waals surface area contributed by atoms with Crippen LogP contribution in [0.15, 0.2) is 48.5 Å². The molecule has 2 aromatic carbocycles. The number of methoxy groups -OCH3 is 1. The molecule has 0 radical (unpaired) electrons. The van der Waals surface area contributed by atoms with E-state index in [2.05, 4.69) is 66.1 Å². The summed E-state index contributed by atoms with van der Waals surface area (Å²) in [5.41, 5.74) is 4.19. The number of benzene rings is 2. The largest absolute Gasteiger partial charge is 0.496 e. The Morgan fingerprint density at radius 2 is 1.92 bits per heavy atom. The monoisotopic (exact) mass is 350 g/mol.